The molecule has 1 atom stereocenters. The second-order valence-corrected chi connectivity index (χ2v) is 9.20. The molecule has 2 amide bonds. The molecule has 1 N–H and O–H groups in total. The van der Waals surface area contributed by atoms with Gasteiger partial charge >= 0.3 is 0 Å². The molecular formula is C26H27FN2O3S. The van der Waals surface area contributed by atoms with Gasteiger partial charge in [-0.3, -0.25) is 14.5 Å². The number of hydrogen-bond acceptors (Lipinski definition) is 4. The molecule has 0 aliphatic heterocycles. The number of carbonyl (C=O) groups excluding carboxylic acids is 2. The third kappa shape index (κ3) is 5.60. The molecule has 7 heteroatoms. The molecule has 33 heavy (non-hydrogen) atoms. The van der Waals surface area contributed by atoms with Gasteiger partial charge in [0, 0.05) is 16.6 Å². The fourth-order valence-corrected chi connectivity index (χ4v) is 4.96. The summed E-state index contributed by atoms with van der Waals surface area (Å²) >= 11 is 1.48. The molecule has 4 rings (SSSR count). The highest BCUT2D eigenvalue weighted by atomic mass is 32.1. The van der Waals surface area contributed by atoms with Gasteiger partial charge in [-0.2, -0.15) is 0 Å². The van der Waals surface area contributed by atoms with Gasteiger partial charge in [-0.05, 0) is 60.2 Å². The lowest BCUT2D eigenvalue weighted by atomic mass is 10.0. The van der Waals surface area contributed by atoms with Crippen LogP contribution in [0.2, 0.25) is 0 Å². The van der Waals surface area contributed by atoms with E-state index < -0.39 is 11.9 Å². The molecule has 172 valence electrons. The Hall–Kier alpha value is -3.19. The van der Waals surface area contributed by atoms with E-state index in [0.29, 0.717) is 17.0 Å². The van der Waals surface area contributed by atoms with E-state index in [-0.39, 0.29) is 24.3 Å². The third-order valence-corrected chi connectivity index (χ3v) is 6.78. The second kappa shape index (κ2) is 10.6. The number of halogens is 1. The van der Waals surface area contributed by atoms with E-state index in [1.807, 2.05) is 17.5 Å². The van der Waals surface area contributed by atoms with Crippen LogP contribution in [0.25, 0.3) is 0 Å². The lowest BCUT2D eigenvalue weighted by molar-refractivity contribution is -0.127. The van der Waals surface area contributed by atoms with Gasteiger partial charge in [0.1, 0.15) is 17.6 Å². The summed E-state index contributed by atoms with van der Waals surface area (Å²) in [5, 5.41) is 5.04. The molecular weight excluding hydrogens is 439 g/mol. The van der Waals surface area contributed by atoms with Gasteiger partial charge in [-0.1, -0.05) is 37.1 Å². The van der Waals surface area contributed by atoms with Gasteiger partial charge in [0.05, 0.1) is 13.5 Å². The average molecular weight is 467 g/mol. The Morgan fingerprint density at radius 3 is 2.52 bits per heavy atom. The lowest BCUT2D eigenvalue weighted by Gasteiger charge is -2.32. The number of nitrogens with one attached hydrogen (secondary N) is 1. The van der Waals surface area contributed by atoms with Gasteiger partial charge in [0.15, 0.2) is 0 Å². The maximum atomic E-state index is 14.2. The highest BCUT2D eigenvalue weighted by Crippen LogP contribution is 2.31. The van der Waals surface area contributed by atoms with Crippen LogP contribution in [-0.4, -0.2) is 25.0 Å². The van der Waals surface area contributed by atoms with E-state index in [9.17, 15) is 14.0 Å². The number of nitrogens with zero attached hydrogens (tertiary/aromatic N) is 1. The van der Waals surface area contributed by atoms with Crippen LogP contribution in [0.3, 0.4) is 0 Å². The number of anilines is 1. The number of benzene rings is 2. The molecule has 1 aromatic heterocycles. The molecule has 1 unspecified atom stereocenters. The number of hydrogen-bond donors (Lipinski definition) is 1. The molecule has 0 saturated heterocycles. The Balaban J connectivity index is 1.76. The Morgan fingerprint density at radius 1 is 1.12 bits per heavy atom. The van der Waals surface area contributed by atoms with Crippen molar-refractivity contribution in [2.75, 3.05) is 12.0 Å². The van der Waals surface area contributed by atoms with Crippen molar-refractivity contribution >= 4 is 28.8 Å². The molecule has 3 aromatic rings. The first-order valence-electron chi connectivity index (χ1n) is 11.1. The average Bonchev–Trinajstić information content (AvgIpc) is 3.52. The molecule has 0 bridgehead atoms. The Bertz CT molecular complexity index is 1080. The minimum atomic E-state index is -0.939. The van der Waals surface area contributed by atoms with E-state index in [0.717, 1.165) is 30.6 Å². The van der Waals surface area contributed by atoms with Crippen LogP contribution < -0.4 is 15.0 Å². The van der Waals surface area contributed by atoms with Crippen molar-refractivity contribution < 1.29 is 18.7 Å². The third-order valence-electron chi connectivity index (χ3n) is 5.90. The van der Waals surface area contributed by atoms with Gasteiger partial charge in [-0.25, -0.2) is 4.39 Å². The summed E-state index contributed by atoms with van der Waals surface area (Å²) in [6, 6.07) is 15.8. The number of ether oxygens (including phenoxy) is 1. The predicted molar refractivity (Wildman–Crippen MR) is 128 cm³/mol. The molecule has 0 spiro atoms. The summed E-state index contributed by atoms with van der Waals surface area (Å²) in [4.78, 5) is 29.5. The first kappa shape index (κ1) is 23.0. The SMILES string of the molecule is COc1ccc(C(C(=O)NC2CCCC2)N(C(=O)Cc2cccs2)c2cccc(F)c2)cc1. The lowest BCUT2D eigenvalue weighted by Crippen LogP contribution is -2.46. The van der Waals surface area contributed by atoms with Crippen LogP contribution in [-0.2, 0) is 16.0 Å². The minimum Gasteiger partial charge on any atom is -0.497 e. The van der Waals surface area contributed by atoms with Crippen molar-refractivity contribution in [3.8, 4) is 5.75 Å². The summed E-state index contributed by atoms with van der Waals surface area (Å²) in [5.41, 5.74) is 0.981. The molecule has 1 fully saturated rings. The minimum absolute atomic E-state index is 0.0833. The van der Waals surface area contributed by atoms with E-state index in [2.05, 4.69) is 5.32 Å². The van der Waals surface area contributed by atoms with Crippen molar-refractivity contribution in [2.24, 2.45) is 0 Å². The number of amides is 2. The van der Waals surface area contributed by atoms with Gasteiger partial charge in [0.2, 0.25) is 11.8 Å². The van der Waals surface area contributed by atoms with Gasteiger partial charge in [0.25, 0.3) is 0 Å². The van der Waals surface area contributed by atoms with E-state index in [1.54, 1.807) is 43.5 Å². The second-order valence-electron chi connectivity index (χ2n) is 8.17. The van der Waals surface area contributed by atoms with Gasteiger partial charge in [-0.15, -0.1) is 11.3 Å². The van der Waals surface area contributed by atoms with Gasteiger partial charge < -0.3 is 10.1 Å². The molecule has 1 heterocycles. The van der Waals surface area contributed by atoms with Crippen molar-refractivity contribution in [1.82, 2.24) is 5.32 Å². The molecule has 0 radical (unpaired) electrons. The zero-order chi connectivity index (χ0) is 23.2. The first-order chi connectivity index (χ1) is 16.0. The van der Waals surface area contributed by atoms with Crippen LogP contribution in [0.1, 0.15) is 42.2 Å². The predicted octanol–water partition coefficient (Wildman–Crippen LogP) is 5.27. The summed E-state index contributed by atoms with van der Waals surface area (Å²) < 4.78 is 19.5. The molecule has 1 aliphatic rings. The number of thiophene rings is 1. The number of carbonyl (C=O) groups is 2. The summed E-state index contributed by atoms with van der Waals surface area (Å²) in [6.07, 6.45) is 4.11. The summed E-state index contributed by atoms with van der Waals surface area (Å²) in [7, 11) is 1.57. The van der Waals surface area contributed by atoms with E-state index in [4.69, 9.17) is 4.74 Å². The smallest absolute Gasteiger partial charge is 0.248 e. The number of methoxy groups -OCH3 is 1. The maximum absolute atomic E-state index is 14.2. The summed E-state index contributed by atoms with van der Waals surface area (Å²) in [5.74, 6) is -0.358. The first-order valence-corrected chi connectivity index (χ1v) is 12.0. The quantitative estimate of drug-likeness (QED) is 0.492. The van der Waals surface area contributed by atoms with Crippen LogP contribution in [0, 0.1) is 5.82 Å². The Kier molecular flexibility index (Phi) is 7.40. The van der Waals surface area contributed by atoms with Crippen LogP contribution in [0.15, 0.2) is 66.0 Å². The maximum Gasteiger partial charge on any atom is 0.248 e. The van der Waals surface area contributed by atoms with Crippen molar-refractivity contribution in [1.29, 1.82) is 0 Å². The van der Waals surface area contributed by atoms with Crippen molar-refractivity contribution in [3.05, 3.63) is 82.3 Å². The normalized spacial score (nSPS) is 14.6. The fourth-order valence-electron chi connectivity index (χ4n) is 4.26. The van der Waals surface area contributed by atoms with E-state index >= 15 is 0 Å². The van der Waals surface area contributed by atoms with Crippen LogP contribution in [0.4, 0.5) is 10.1 Å². The topological polar surface area (TPSA) is 58.6 Å². The highest BCUT2D eigenvalue weighted by Gasteiger charge is 2.34. The van der Waals surface area contributed by atoms with Crippen LogP contribution in [0.5, 0.6) is 5.75 Å². The fraction of sp³-hybridized carbons (Fsp3) is 0.308. The Labute approximate surface area is 197 Å². The largest absolute Gasteiger partial charge is 0.497 e. The monoisotopic (exact) mass is 466 g/mol. The number of rotatable bonds is 8. The zero-order valence-electron chi connectivity index (χ0n) is 18.5. The van der Waals surface area contributed by atoms with Crippen molar-refractivity contribution in [3.63, 3.8) is 0 Å². The molecule has 1 aliphatic carbocycles. The zero-order valence-corrected chi connectivity index (χ0v) is 19.3. The molecule has 2 aromatic carbocycles. The van der Waals surface area contributed by atoms with Crippen LogP contribution >= 0.6 is 11.3 Å². The summed E-state index contributed by atoms with van der Waals surface area (Å²) in [6.45, 7) is 0. The molecule has 5 nitrogen and oxygen atoms in total. The highest BCUT2D eigenvalue weighted by molar-refractivity contribution is 7.10. The Morgan fingerprint density at radius 2 is 1.88 bits per heavy atom. The van der Waals surface area contributed by atoms with E-state index in [1.165, 1.54) is 28.4 Å². The molecule has 1 saturated carbocycles. The van der Waals surface area contributed by atoms with Crippen molar-refractivity contribution in [2.45, 2.75) is 44.2 Å². The standard InChI is InChI=1S/C26H27FN2O3S/c1-32-22-13-11-18(12-14-22)25(26(31)28-20-7-2-3-8-20)29(21-9-4-6-19(27)16-21)24(30)17-23-10-5-15-33-23/h4-6,9-16,20,25H,2-3,7-8,17H2,1H3,(H,28,31).